The minimum Gasteiger partial charge on any atom is -0.390 e. The number of β-amino-alcohol motifs (C(OH)–C–C–N with tert-alkyl or cyclic N) is 1. The van der Waals surface area contributed by atoms with Gasteiger partial charge in [-0.05, 0) is 41.7 Å². The maximum Gasteiger partial charge on any atom is 0.230 e. The average Bonchev–Trinajstić information content (AvgIpc) is 2.61. The highest BCUT2D eigenvalue weighted by Gasteiger charge is 2.34. The lowest BCUT2D eigenvalue weighted by atomic mass is 9.87. The number of benzene rings is 1. The molecule has 2 atom stereocenters. The van der Waals surface area contributed by atoms with Crippen LogP contribution in [0.3, 0.4) is 0 Å². The van der Waals surface area contributed by atoms with Crippen molar-refractivity contribution in [3.05, 3.63) is 53.2 Å². The maximum absolute atomic E-state index is 12.6. The molecule has 5 nitrogen and oxygen atoms in total. The number of piperidine rings is 1. The molecule has 1 aliphatic rings. The van der Waals surface area contributed by atoms with Crippen LogP contribution in [-0.4, -0.2) is 35.2 Å². The minimum atomic E-state index is -0.773. The Kier molecular flexibility index (Phi) is 5.72. The largest absolute Gasteiger partial charge is 0.390 e. The first-order valence-corrected chi connectivity index (χ1v) is 9.58. The molecular weight excluding hydrogens is 362 g/mol. The van der Waals surface area contributed by atoms with Crippen molar-refractivity contribution in [2.45, 2.75) is 38.7 Å². The number of amides is 1. The van der Waals surface area contributed by atoms with Crippen LogP contribution in [0.5, 0.6) is 0 Å². The highest BCUT2D eigenvalue weighted by Crippen LogP contribution is 2.29. The topological polar surface area (TPSA) is 65.5 Å². The second-order valence-corrected chi connectivity index (χ2v) is 8.44. The van der Waals surface area contributed by atoms with Gasteiger partial charge in [-0.15, -0.1) is 0 Å². The van der Waals surface area contributed by atoms with Gasteiger partial charge in [0.05, 0.1) is 17.0 Å². The van der Waals surface area contributed by atoms with E-state index in [0.717, 1.165) is 5.69 Å². The molecule has 1 aromatic heterocycles. The number of aliphatic hydroxyl groups excluding tert-OH is 1. The van der Waals surface area contributed by atoms with Crippen molar-refractivity contribution in [3.8, 4) is 0 Å². The molecule has 6 heteroatoms. The number of aromatic nitrogens is 1. The van der Waals surface area contributed by atoms with Crippen LogP contribution >= 0.6 is 11.6 Å². The first-order valence-electron chi connectivity index (χ1n) is 9.20. The summed E-state index contributed by atoms with van der Waals surface area (Å²) in [6.45, 7) is 7.41. The number of nitrogens with zero attached hydrogens (tertiary/aromatic N) is 2. The average molecular weight is 388 g/mol. The molecule has 0 saturated carbocycles. The summed E-state index contributed by atoms with van der Waals surface area (Å²) in [5.41, 5.74) is 2.02. The van der Waals surface area contributed by atoms with Crippen molar-refractivity contribution < 1.29 is 9.90 Å². The summed E-state index contributed by atoms with van der Waals surface area (Å²) in [5, 5.41) is 14.0. The summed E-state index contributed by atoms with van der Waals surface area (Å²) in [4.78, 5) is 18.8. The number of pyridine rings is 1. The molecule has 1 aromatic carbocycles. The highest BCUT2D eigenvalue weighted by atomic mass is 35.5. The van der Waals surface area contributed by atoms with E-state index in [2.05, 4.69) is 31.1 Å². The number of nitrogens with one attached hydrogen (secondary N) is 1. The quantitative estimate of drug-likeness (QED) is 0.839. The zero-order valence-electron chi connectivity index (χ0n) is 15.9. The summed E-state index contributed by atoms with van der Waals surface area (Å²) in [7, 11) is 0. The van der Waals surface area contributed by atoms with E-state index in [4.69, 9.17) is 11.6 Å². The van der Waals surface area contributed by atoms with Gasteiger partial charge in [0.15, 0.2) is 0 Å². The predicted molar refractivity (Wildman–Crippen MR) is 109 cm³/mol. The van der Waals surface area contributed by atoms with Crippen molar-refractivity contribution in [2.24, 2.45) is 5.92 Å². The van der Waals surface area contributed by atoms with E-state index in [1.807, 2.05) is 29.2 Å². The van der Waals surface area contributed by atoms with E-state index in [0.29, 0.717) is 30.4 Å². The molecule has 0 spiro atoms. The van der Waals surface area contributed by atoms with Crippen LogP contribution in [0.1, 0.15) is 32.8 Å². The zero-order chi connectivity index (χ0) is 19.6. The molecule has 0 radical (unpaired) electrons. The molecule has 2 heterocycles. The van der Waals surface area contributed by atoms with Crippen molar-refractivity contribution in [2.75, 3.05) is 23.3 Å². The van der Waals surface area contributed by atoms with Gasteiger partial charge in [0, 0.05) is 25.0 Å². The Hall–Kier alpha value is -2.11. The van der Waals surface area contributed by atoms with Crippen LogP contribution in [0.25, 0.3) is 0 Å². The molecule has 2 aromatic rings. The molecule has 1 saturated heterocycles. The van der Waals surface area contributed by atoms with Crippen LogP contribution < -0.4 is 10.2 Å². The first kappa shape index (κ1) is 19.6. The molecule has 2 N–H and O–H groups in total. The molecule has 0 unspecified atom stereocenters. The van der Waals surface area contributed by atoms with Gasteiger partial charge in [-0.2, -0.15) is 0 Å². The lowest BCUT2D eigenvalue weighted by Gasteiger charge is -2.36. The lowest BCUT2D eigenvalue weighted by molar-refractivity contribution is -0.123. The Balaban J connectivity index is 1.62. The van der Waals surface area contributed by atoms with Gasteiger partial charge >= 0.3 is 0 Å². The fourth-order valence-corrected chi connectivity index (χ4v) is 3.57. The lowest BCUT2D eigenvalue weighted by Crippen LogP contribution is -2.48. The summed E-state index contributed by atoms with van der Waals surface area (Å²) >= 11 is 6.19. The summed E-state index contributed by atoms with van der Waals surface area (Å²) in [6, 6.07) is 11.4. The molecule has 0 bridgehead atoms. The Labute approximate surface area is 165 Å². The smallest absolute Gasteiger partial charge is 0.230 e. The molecule has 0 aliphatic carbocycles. The molecule has 27 heavy (non-hydrogen) atoms. The normalized spacial score (nSPS) is 20.4. The second-order valence-electron chi connectivity index (χ2n) is 8.03. The first-order chi connectivity index (χ1) is 12.8. The Morgan fingerprint density at radius 1 is 1.26 bits per heavy atom. The van der Waals surface area contributed by atoms with Gasteiger partial charge in [0.25, 0.3) is 0 Å². The van der Waals surface area contributed by atoms with Crippen LogP contribution in [0.4, 0.5) is 11.5 Å². The number of anilines is 2. The SMILES string of the molecule is CC(C)(C)c1ccc(NC(=O)[C@H]2CCN(c3ncccc3Cl)C[C@H]2O)cc1. The molecule has 1 aliphatic heterocycles. The van der Waals surface area contributed by atoms with Gasteiger partial charge in [-0.1, -0.05) is 44.5 Å². The van der Waals surface area contributed by atoms with Crippen LogP contribution in [0, 0.1) is 5.92 Å². The van der Waals surface area contributed by atoms with Gasteiger partial charge in [-0.25, -0.2) is 4.98 Å². The fraction of sp³-hybridized carbons (Fsp3) is 0.429. The van der Waals surface area contributed by atoms with E-state index in [1.165, 1.54) is 5.56 Å². The van der Waals surface area contributed by atoms with Crippen molar-refractivity contribution in [1.82, 2.24) is 4.98 Å². The summed E-state index contributed by atoms with van der Waals surface area (Å²) < 4.78 is 0. The molecule has 3 rings (SSSR count). The van der Waals surface area contributed by atoms with E-state index < -0.39 is 12.0 Å². The number of rotatable bonds is 3. The number of halogens is 1. The number of aliphatic hydroxyl groups is 1. The van der Waals surface area contributed by atoms with Gasteiger partial charge in [0.1, 0.15) is 5.82 Å². The predicted octanol–water partition coefficient (Wildman–Crippen LogP) is 3.86. The molecule has 1 amide bonds. The molecule has 144 valence electrons. The summed E-state index contributed by atoms with van der Waals surface area (Å²) in [6.07, 6.45) is 1.44. The van der Waals surface area contributed by atoms with Crippen LogP contribution in [-0.2, 0) is 10.2 Å². The van der Waals surface area contributed by atoms with Crippen molar-refractivity contribution >= 4 is 29.0 Å². The van der Waals surface area contributed by atoms with Crippen LogP contribution in [0.15, 0.2) is 42.6 Å². The van der Waals surface area contributed by atoms with E-state index in [9.17, 15) is 9.90 Å². The van der Waals surface area contributed by atoms with Crippen molar-refractivity contribution in [1.29, 1.82) is 0 Å². The van der Waals surface area contributed by atoms with E-state index >= 15 is 0 Å². The third-order valence-electron chi connectivity index (χ3n) is 4.98. The zero-order valence-corrected chi connectivity index (χ0v) is 16.7. The second kappa shape index (κ2) is 7.87. The third kappa shape index (κ3) is 4.60. The standard InChI is InChI=1S/C21H26ClN3O2/c1-21(2,3)14-6-8-15(9-7-14)24-20(27)16-10-12-25(13-18(16)26)19-17(22)5-4-11-23-19/h4-9,11,16,18,26H,10,12-13H2,1-3H3,(H,24,27)/t16-,18+/m0/s1. The highest BCUT2D eigenvalue weighted by molar-refractivity contribution is 6.32. The fourth-order valence-electron chi connectivity index (χ4n) is 3.33. The minimum absolute atomic E-state index is 0.0678. The number of hydrogen-bond acceptors (Lipinski definition) is 4. The number of carbonyl (C=O) groups is 1. The Morgan fingerprint density at radius 2 is 1.96 bits per heavy atom. The number of carbonyl (C=O) groups excluding carboxylic acids is 1. The Bertz CT molecular complexity index is 802. The third-order valence-corrected chi connectivity index (χ3v) is 5.27. The maximum atomic E-state index is 12.6. The molecule has 1 fully saturated rings. The van der Waals surface area contributed by atoms with E-state index in [-0.39, 0.29) is 11.3 Å². The van der Waals surface area contributed by atoms with Crippen LogP contribution in [0.2, 0.25) is 5.02 Å². The number of hydrogen-bond donors (Lipinski definition) is 2. The molecular formula is C21H26ClN3O2. The Morgan fingerprint density at radius 3 is 2.56 bits per heavy atom. The van der Waals surface area contributed by atoms with Crippen molar-refractivity contribution in [3.63, 3.8) is 0 Å². The van der Waals surface area contributed by atoms with Gasteiger partial charge < -0.3 is 15.3 Å². The van der Waals surface area contributed by atoms with Gasteiger partial charge in [-0.3, -0.25) is 4.79 Å². The van der Waals surface area contributed by atoms with Gasteiger partial charge in [0.2, 0.25) is 5.91 Å². The monoisotopic (exact) mass is 387 g/mol. The summed E-state index contributed by atoms with van der Waals surface area (Å²) in [5.74, 6) is 0.0404. The van der Waals surface area contributed by atoms with E-state index in [1.54, 1.807) is 18.3 Å².